The first-order valence-corrected chi connectivity index (χ1v) is 8.21. The maximum atomic E-state index is 12.5. The van der Waals surface area contributed by atoms with Crippen LogP contribution in [0.1, 0.15) is 58.8 Å². The standard InChI is InChI=1S/C16H25NO5/c1-3-7-11-14-10(2)22-13(18)9-6-4-5-8-12(16(20)21)17(11)15(14)19/h10-12,14H,3-9H2,1-2H3,(H,20,21)/t10-,11-,12?,14+/m1/s1. The smallest absolute Gasteiger partial charge is 0.326 e. The van der Waals surface area contributed by atoms with E-state index < -0.39 is 24.0 Å². The monoisotopic (exact) mass is 311 g/mol. The topological polar surface area (TPSA) is 83.9 Å². The van der Waals surface area contributed by atoms with E-state index in [4.69, 9.17) is 4.74 Å². The number of nitrogens with zero attached hydrogens (tertiary/aromatic N) is 1. The molecule has 3 saturated heterocycles. The molecule has 0 aromatic rings. The highest BCUT2D eigenvalue weighted by atomic mass is 16.5. The zero-order valence-electron chi connectivity index (χ0n) is 13.3. The highest BCUT2D eigenvalue weighted by Gasteiger charge is 2.54. The minimum absolute atomic E-state index is 0.138. The van der Waals surface area contributed by atoms with Crippen LogP contribution in [0, 0.1) is 5.92 Å². The van der Waals surface area contributed by atoms with E-state index in [1.54, 1.807) is 6.92 Å². The number of hydrogen-bond donors (Lipinski definition) is 1. The maximum absolute atomic E-state index is 12.5. The molecular weight excluding hydrogens is 286 g/mol. The van der Waals surface area contributed by atoms with Crippen LogP contribution in [0.3, 0.4) is 0 Å². The Balaban J connectivity index is 2.23. The zero-order chi connectivity index (χ0) is 16.3. The average molecular weight is 311 g/mol. The van der Waals surface area contributed by atoms with Crippen LogP contribution in [-0.4, -0.2) is 46.0 Å². The van der Waals surface area contributed by atoms with Crippen molar-refractivity contribution in [2.45, 2.75) is 77.0 Å². The van der Waals surface area contributed by atoms with Crippen molar-refractivity contribution in [3.8, 4) is 0 Å². The van der Waals surface area contributed by atoms with Crippen LogP contribution in [-0.2, 0) is 19.1 Å². The van der Waals surface area contributed by atoms with Crippen molar-refractivity contribution in [2.75, 3.05) is 0 Å². The molecule has 0 saturated carbocycles. The number of amides is 1. The van der Waals surface area contributed by atoms with Crippen molar-refractivity contribution in [1.29, 1.82) is 0 Å². The van der Waals surface area contributed by atoms with Gasteiger partial charge in [-0.15, -0.1) is 0 Å². The molecule has 0 spiro atoms. The first-order chi connectivity index (χ1) is 10.5. The van der Waals surface area contributed by atoms with Gasteiger partial charge >= 0.3 is 11.9 Å². The van der Waals surface area contributed by atoms with Gasteiger partial charge in [-0.2, -0.15) is 0 Å². The molecule has 0 aliphatic carbocycles. The molecule has 1 amide bonds. The summed E-state index contributed by atoms with van der Waals surface area (Å²) < 4.78 is 5.38. The van der Waals surface area contributed by atoms with Gasteiger partial charge in [-0.1, -0.05) is 26.2 Å². The second kappa shape index (κ2) is 7.11. The molecule has 2 bridgehead atoms. The minimum Gasteiger partial charge on any atom is -0.480 e. The fourth-order valence-electron chi connectivity index (χ4n) is 3.61. The van der Waals surface area contributed by atoms with E-state index in [1.807, 2.05) is 6.92 Å². The quantitative estimate of drug-likeness (QED) is 0.636. The van der Waals surface area contributed by atoms with E-state index in [0.717, 1.165) is 19.3 Å². The van der Waals surface area contributed by atoms with Gasteiger partial charge in [0.1, 0.15) is 12.1 Å². The van der Waals surface area contributed by atoms with E-state index in [-0.39, 0.29) is 17.9 Å². The van der Waals surface area contributed by atoms with Crippen LogP contribution < -0.4 is 0 Å². The third-order valence-electron chi connectivity index (χ3n) is 4.70. The Labute approximate surface area is 130 Å². The number of hydrogen-bond acceptors (Lipinski definition) is 4. The van der Waals surface area contributed by atoms with E-state index in [2.05, 4.69) is 0 Å². The first-order valence-electron chi connectivity index (χ1n) is 8.21. The van der Waals surface area contributed by atoms with Crippen LogP contribution in [0.25, 0.3) is 0 Å². The summed E-state index contributed by atoms with van der Waals surface area (Å²) in [5.74, 6) is -1.78. The zero-order valence-corrected chi connectivity index (χ0v) is 13.3. The summed E-state index contributed by atoms with van der Waals surface area (Å²) in [5, 5.41) is 9.47. The lowest BCUT2D eigenvalue weighted by Gasteiger charge is -2.51. The Kier molecular flexibility index (Phi) is 5.42. The Bertz CT molecular complexity index is 450. The molecule has 3 rings (SSSR count). The number of aliphatic carboxylic acids is 1. The van der Waals surface area contributed by atoms with E-state index >= 15 is 0 Å². The van der Waals surface area contributed by atoms with Crippen molar-refractivity contribution in [2.24, 2.45) is 5.92 Å². The Hall–Kier alpha value is -1.59. The number of carbonyl (C=O) groups is 3. The molecule has 0 radical (unpaired) electrons. The summed E-state index contributed by atoms with van der Waals surface area (Å²) >= 11 is 0. The molecule has 3 aliphatic heterocycles. The SMILES string of the molecule is CCC[C@@H]1[C@H]2C(=O)N1C(C(=O)O)CCCCCC(=O)O[C@@H]2C. The minimum atomic E-state index is -0.936. The highest BCUT2D eigenvalue weighted by Crippen LogP contribution is 2.37. The third-order valence-corrected chi connectivity index (χ3v) is 4.70. The molecule has 1 unspecified atom stereocenters. The number of rotatable bonds is 3. The van der Waals surface area contributed by atoms with Crippen LogP contribution in [0.5, 0.6) is 0 Å². The summed E-state index contributed by atoms with van der Waals surface area (Å²) in [7, 11) is 0. The van der Waals surface area contributed by atoms with Crippen molar-refractivity contribution in [3.63, 3.8) is 0 Å². The number of β-lactam (4-membered cyclic amide) rings is 1. The molecule has 0 aromatic carbocycles. The van der Waals surface area contributed by atoms with Gasteiger partial charge in [-0.25, -0.2) is 4.79 Å². The first kappa shape index (κ1) is 16.8. The predicted molar refractivity (Wildman–Crippen MR) is 79.1 cm³/mol. The molecule has 22 heavy (non-hydrogen) atoms. The van der Waals surface area contributed by atoms with Crippen LogP contribution >= 0.6 is 0 Å². The van der Waals surface area contributed by atoms with Gasteiger partial charge < -0.3 is 14.7 Å². The molecule has 124 valence electrons. The number of carbonyl (C=O) groups excluding carboxylic acids is 2. The van der Waals surface area contributed by atoms with Gasteiger partial charge in [0.25, 0.3) is 0 Å². The van der Waals surface area contributed by atoms with Gasteiger partial charge in [-0.3, -0.25) is 9.59 Å². The lowest BCUT2D eigenvalue weighted by molar-refractivity contribution is -0.183. The number of ether oxygens (including phenoxy) is 1. The number of carboxylic acids is 1. The predicted octanol–water partition coefficient (Wildman–Crippen LogP) is 1.96. The van der Waals surface area contributed by atoms with E-state index in [9.17, 15) is 19.5 Å². The second-order valence-corrected chi connectivity index (χ2v) is 6.28. The summed E-state index contributed by atoms with van der Waals surface area (Å²) in [6.07, 6.45) is 4.09. The molecular formula is C16H25NO5. The fraction of sp³-hybridized carbons (Fsp3) is 0.812. The molecule has 4 atom stereocenters. The fourth-order valence-corrected chi connectivity index (χ4v) is 3.61. The molecule has 1 N–H and O–H groups in total. The van der Waals surface area contributed by atoms with Gasteiger partial charge in [0.05, 0.1) is 5.92 Å². The van der Waals surface area contributed by atoms with Crippen molar-refractivity contribution >= 4 is 17.8 Å². The lowest BCUT2D eigenvalue weighted by atomic mass is 9.78. The maximum Gasteiger partial charge on any atom is 0.326 e. The van der Waals surface area contributed by atoms with E-state index in [0.29, 0.717) is 25.7 Å². The van der Waals surface area contributed by atoms with Gasteiger partial charge in [0.2, 0.25) is 5.91 Å². The number of carboxylic acid groups (broad SMARTS) is 1. The van der Waals surface area contributed by atoms with Gasteiger partial charge in [-0.05, 0) is 26.2 Å². The second-order valence-electron chi connectivity index (χ2n) is 6.28. The normalized spacial score (nSPS) is 33.3. The van der Waals surface area contributed by atoms with Crippen molar-refractivity contribution < 1.29 is 24.2 Å². The largest absolute Gasteiger partial charge is 0.480 e. The van der Waals surface area contributed by atoms with E-state index in [1.165, 1.54) is 4.90 Å². The average Bonchev–Trinajstić information content (AvgIpc) is 2.43. The molecule has 3 heterocycles. The van der Waals surface area contributed by atoms with Crippen LogP contribution in [0.15, 0.2) is 0 Å². The Morgan fingerprint density at radius 2 is 2.05 bits per heavy atom. The Morgan fingerprint density at radius 3 is 2.68 bits per heavy atom. The van der Waals surface area contributed by atoms with Crippen molar-refractivity contribution in [1.82, 2.24) is 4.90 Å². The molecule has 6 nitrogen and oxygen atoms in total. The van der Waals surface area contributed by atoms with Crippen LogP contribution in [0.2, 0.25) is 0 Å². The summed E-state index contributed by atoms with van der Waals surface area (Å²) in [6, 6.07) is -0.886. The molecule has 0 aromatic heterocycles. The van der Waals surface area contributed by atoms with Crippen LogP contribution in [0.4, 0.5) is 0 Å². The number of esters is 1. The summed E-state index contributed by atoms with van der Waals surface area (Å²) in [5.41, 5.74) is 0. The number of fused-ring (bicyclic) bond motifs is 8. The van der Waals surface area contributed by atoms with Gasteiger partial charge in [0, 0.05) is 12.5 Å². The van der Waals surface area contributed by atoms with Crippen molar-refractivity contribution in [3.05, 3.63) is 0 Å². The summed E-state index contributed by atoms with van der Waals surface area (Å²) in [6.45, 7) is 3.75. The molecule has 6 heteroatoms. The van der Waals surface area contributed by atoms with Gasteiger partial charge in [0.15, 0.2) is 0 Å². The summed E-state index contributed by atoms with van der Waals surface area (Å²) in [4.78, 5) is 37.3. The lowest BCUT2D eigenvalue weighted by Crippen LogP contribution is -2.68. The third kappa shape index (κ3) is 3.25. The highest BCUT2D eigenvalue weighted by molar-refractivity contribution is 5.91. The molecule has 3 fully saturated rings. The molecule has 3 aliphatic rings. The Morgan fingerprint density at radius 1 is 1.32 bits per heavy atom.